The Kier molecular flexibility index (Phi) is 6.18. The first-order valence-corrected chi connectivity index (χ1v) is 4.75. The number of benzene rings is 1. The van der Waals surface area contributed by atoms with Crippen molar-refractivity contribution in [3.63, 3.8) is 0 Å². The Labute approximate surface area is 102 Å². The summed E-state index contributed by atoms with van der Waals surface area (Å²) in [6.45, 7) is 1.65. The van der Waals surface area contributed by atoms with Gasteiger partial charge in [-0.3, -0.25) is 0 Å². The standard InChI is InChI=1S/C11H17NO3.ClH/c1-7(13)11(12)8-4-9(14-2)6-10(5-8)15-3;/h4-7,11,13H,12H2,1-3H3;1H/t7-,11-;/m0./s1. The van der Waals surface area contributed by atoms with Gasteiger partial charge in [0, 0.05) is 6.07 Å². The van der Waals surface area contributed by atoms with Crippen molar-refractivity contribution in [3.8, 4) is 11.5 Å². The van der Waals surface area contributed by atoms with E-state index in [1.54, 1.807) is 39.3 Å². The lowest BCUT2D eigenvalue weighted by molar-refractivity contribution is 0.164. The number of hydrogen-bond donors (Lipinski definition) is 2. The van der Waals surface area contributed by atoms with Gasteiger partial charge in [-0.1, -0.05) is 0 Å². The van der Waals surface area contributed by atoms with Gasteiger partial charge in [-0.25, -0.2) is 0 Å². The number of methoxy groups -OCH3 is 2. The molecule has 0 aliphatic carbocycles. The molecule has 0 unspecified atom stereocenters. The highest BCUT2D eigenvalue weighted by atomic mass is 35.5. The van der Waals surface area contributed by atoms with Crippen molar-refractivity contribution in [2.45, 2.75) is 19.1 Å². The molecule has 0 spiro atoms. The third-order valence-electron chi connectivity index (χ3n) is 2.28. The van der Waals surface area contributed by atoms with E-state index in [-0.39, 0.29) is 12.4 Å². The summed E-state index contributed by atoms with van der Waals surface area (Å²) >= 11 is 0. The second kappa shape index (κ2) is 6.58. The van der Waals surface area contributed by atoms with Crippen LogP contribution in [0.4, 0.5) is 0 Å². The topological polar surface area (TPSA) is 64.7 Å². The van der Waals surface area contributed by atoms with E-state index >= 15 is 0 Å². The first-order chi connectivity index (χ1) is 7.08. The minimum Gasteiger partial charge on any atom is -0.497 e. The normalized spacial score (nSPS) is 13.6. The molecule has 0 bridgehead atoms. The Morgan fingerprint density at radius 3 is 1.88 bits per heavy atom. The van der Waals surface area contributed by atoms with Crippen molar-refractivity contribution in [1.29, 1.82) is 0 Å². The van der Waals surface area contributed by atoms with Gasteiger partial charge < -0.3 is 20.3 Å². The van der Waals surface area contributed by atoms with Crippen LogP contribution >= 0.6 is 12.4 Å². The molecule has 0 fully saturated rings. The van der Waals surface area contributed by atoms with Crippen LogP contribution in [-0.4, -0.2) is 25.4 Å². The zero-order valence-electron chi connectivity index (χ0n) is 9.64. The second-order valence-electron chi connectivity index (χ2n) is 3.41. The van der Waals surface area contributed by atoms with E-state index < -0.39 is 12.1 Å². The van der Waals surface area contributed by atoms with Gasteiger partial charge in [-0.15, -0.1) is 12.4 Å². The Balaban J connectivity index is 0.00000225. The lowest BCUT2D eigenvalue weighted by Crippen LogP contribution is -2.23. The Hall–Kier alpha value is -0.970. The molecule has 0 heterocycles. The van der Waals surface area contributed by atoms with Crippen LogP contribution < -0.4 is 15.2 Å². The molecule has 0 aromatic heterocycles. The molecule has 16 heavy (non-hydrogen) atoms. The van der Waals surface area contributed by atoms with Crippen molar-refractivity contribution < 1.29 is 14.6 Å². The molecule has 2 atom stereocenters. The summed E-state index contributed by atoms with van der Waals surface area (Å²) in [7, 11) is 3.15. The van der Waals surface area contributed by atoms with Gasteiger partial charge in [-0.2, -0.15) is 0 Å². The molecule has 1 aromatic rings. The highest BCUT2D eigenvalue weighted by Gasteiger charge is 2.14. The van der Waals surface area contributed by atoms with E-state index in [0.29, 0.717) is 11.5 Å². The van der Waals surface area contributed by atoms with Gasteiger partial charge in [0.25, 0.3) is 0 Å². The fourth-order valence-electron chi connectivity index (χ4n) is 1.30. The molecule has 0 saturated carbocycles. The largest absolute Gasteiger partial charge is 0.497 e. The summed E-state index contributed by atoms with van der Waals surface area (Å²) in [4.78, 5) is 0. The average Bonchev–Trinajstić information content (AvgIpc) is 2.27. The highest BCUT2D eigenvalue weighted by molar-refractivity contribution is 5.85. The summed E-state index contributed by atoms with van der Waals surface area (Å²) in [6, 6.07) is 4.91. The monoisotopic (exact) mass is 247 g/mol. The number of nitrogens with two attached hydrogens (primary N) is 1. The molecular weight excluding hydrogens is 230 g/mol. The molecule has 0 aliphatic rings. The third kappa shape index (κ3) is 3.56. The zero-order valence-corrected chi connectivity index (χ0v) is 10.5. The fraction of sp³-hybridized carbons (Fsp3) is 0.455. The maximum Gasteiger partial charge on any atom is 0.122 e. The van der Waals surface area contributed by atoms with Gasteiger partial charge in [0.15, 0.2) is 0 Å². The molecule has 1 rings (SSSR count). The molecule has 0 amide bonds. The van der Waals surface area contributed by atoms with Crippen LogP contribution in [-0.2, 0) is 0 Å². The smallest absolute Gasteiger partial charge is 0.122 e. The summed E-state index contributed by atoms with van der Waals surface area (Å²) < 4.78 is 10.2. The van der Waals surface area contributed by atoms with E-state index in [1.165, 1.54) is 0 Å². The molecule has 1 aromatic carbocycles. The van der Waals surface area contributed by atoms with E-state index in [1.807, 2.05) is 0 Å². The number of aliphatic hydroxyl groups excluding tert-OH is 1. The van der Waals surface area contributed by atoms with Crippen LogP contribution in [0.5, 0.6) is 11.5 Å². The highest BCUT2D eigenvalue weighted by Crippen LogP contribution is 2.26. The first-order valence-electron chi connectivity index (χ1n) is 4.75. The van der Waals surface area contributed by atoms with Crippen LogP contribution in [0.3, 0.4) is 0 Å². The van der Waals surface area contributed by atoms with Crippen molar-refractivity contribution in [1.82, 2.24) is 0 Å². The SMILES string of the molecule is COc1cc(OC)cc([C@@H](N)[C@H](C)O)c1.Cl. The third-order valence-corrected chi connectivity index (χ3v) is 2.28. The zero-order chi connectivity index (χ0) is 11.4. The summed E-state index contributed by atoms with van der Waals surface area (Å²) in [5, 5.41) is 9.39. The van der Waals surface area contributed by atoms with Crippen LogP contribution in [0.1, 0.15) is 18.5 Å². The predicted molar refractivity (Wildman–Crippen MR) is 65.4 cm³/mol. The van der Waals surface area contributed by atoms with Crippen LogP contribution in [0.15, 0.2) is 18.2 Å². The van der Waals surface area contributed by atoms with Gasteiger partial charge in [0.2, 0.25) is 0 Å². The van der Waals surface area contributed by atoms with Crippen LogP contribution in [0.2, 0.25) is 0 Å². The van der Waals surface area contributed by atoms with Crippen molar-refractivity contribution in [3.05, 3.63) is 23.8 Å². The van der Waals surface area contributed by atoms with Crippen molar-refractivity contribution in [2.24, 2.45) is 5.73 Å². The Bertz CT molecular complexity index is 309. The van der Waals surface area contributed by atoms with E-state index in [9.17, 15) is 5.11 Å². The Morgan fingerprint density at radius 2 is 1.56 bits per heavy atom. The molecule has 0 aliphatic heterocycles. The minimum atomic E-state index is -0.609. The number of aliphatic hydroxyl groups is 1. The van der Waals surface area contributed by atoms with Gasteiger partial charge >= 0.3 is 0 Å². The quantitative estimate of drug-likeness (QED) is 0.847. The molecule has 0 saturated heterocycles. The Morgan fingerprint density at radius 1 is 1.12 bits per heavy atom. The van der Waals surface area contributed by atoms with Gasteiger partial charge in [0.05, 0.1) is 26.4 Å². The molecule has 5 heteroatoms. The summed E-state index contributed by atoms with van der Waals surface area (Å²) in [5.74, 6) is 1.33. The lowest BCUT2D eigenvalue weighted by atomic mass is 10.0. The molecule has 3 N–H and O–H groups in total. The summed E-state index contributed by atoms with van der Waals surface area (Å²) in [5.41, 5.74) is 6.62. The van der Waals surface area contributed by atoms with Crippen molar-refractivity contribution >= 4 is 12.4 Å². The summed E-state index contributed by atoms with van der Waals surface area (Å²) in [6.07, 6.45) is -0.609. The van der Waals surface area contributed by atoms with Gasteiger partial charge in [-0.05, 0) is 24.6 Å². The lowest BCUT2D eigenvalue weighted by Gasteiger charge is -2.16. The molecule has 0 radical (unpaired) electrons. The van der Waals surface area contributed by atoms with Crippen LogP contribution in [0.25, 0.3) is 0 Å². The number of ether oxygens (including phenoxy) is 2. The maximum absolute atomic E-state index is 9.39. The van der Waals surface area contributed by atoms with E-state index in [4.69, 9.17) is 15.2 Å². The molecule has 92 valence electrons. The number of halogens is 1. The predicted octanol–water partition coefficient (Wildman–Crippen LogP) is 1.51. The average molecular weight is 248 g/mol. The number of rotatable bonds is 4. The molecule has 4 nitrogen and oxygen atoms in total. The fourth-order valence-corrected chi connectivity index (χ4v) is 1.30. The first kappa shape index (κ1) is 15.0. The minimum absolute atomic E-state index is 0. The molecular formula is C11H18ClNO3. The van der Waals surface area contributed by atoms with E-state index in [0.717, 1.165) is 5.56 Å². The van der Waals surface area contributed by atoms with Crippen molar-refractivity contribution in [2.75, 3.05) is 14.2 Å². The second-order valence-corrected chi connectivity index (χ2v) is 3.41. The van der Waals surface area contributed by atoms with Crippen LogP contribution in [0, 0.1) is 0 Å². The number of hydrogen-bond acceptors (Lipinski definition) is 4. The van der Waals surface area contributed by atoms with Gasteiger partial charge in [0.1, 0.15) is 11.5 Å². The van der Waals surface area contributed by atoms with E-state index in [2.05, 4.69) is 0 Å². The maximum atomic E-state index is 9.39.